The Morgan fingerprint density at radius 2 is 2.09 bits per heavy atom. The molecule has 32 heavy (non-hydrogen) atoms. The van der Waals surface area contributed by atoms with Gasteiger partial charge < -0.3 is 20.1 Å². The number of hydrogen-bond donors (Lipinski definition) is 3. The molecule has 0 spiro atoms. The summed E-state index contributed by atoms with van der Waals surface area (Å²) in [5, 5.41) is 9.43. The zero-order chi connectivity index (χ0) is 22.2. The second kappa shape index (κ2) is 8.48. The number of aromatic nitrogens is 2. The molecule has 2 fully saturated rings. The summed E-state index contributed by atoms with van der Waals surface area (Å²) in [6, 6.07) is 5.18. The fourth-order valence-electron chi connectivity index (χ4n) is 5.23. The van der Waals surface area contributed by atoms with Crippen LogP contribution in [0.2, 0.25) is 0 Å². The maximum Gasteiger partial charge on any atom is 0.255 e. The predicted octanol–water partition coefficient (Wildman–Crippen LogP) is 0.274. The highest BCUT2D eigenvalue weighted by atomic mass is 16.2. The zero-order valence-corrected chi connectivity index (χ0v) is 18.1. The van der Waals surface area contributed by atoms with Crippen molar-refractivity contribution < 1.29 is 14.4 Å². The predicted molar refractivity (Wildman–Crippen MR) is 117 cm³/mol. The first kappa shape index (κ1) is 20.8. The number of carbonyl (C=O) groups excluding carboxylic acids is 3. The van der Waals surface area contributed by atoms with Crippen molar-refractivity contribution in [3.8, 4) is 0 Å². The van der Waals surface area contributed by atoms with Crippen LogP contribution in [0.25, 0.3) is 0 Å². The van der Waals surface area contributed by atoms with E-state index >= 15 is 0 Å². The van der Waals surface area contributed by atoms with E-state index in [2.05, 4.69) is 25.5 Å². The molecule has 4 heterocycles. The van der Waals surface area contributed by atoms with Gasteiger partial charge in [-0.15, -0.1) is 0 Å². The molecule has 0 bridgehead atoms. The SMILES string of the molecule is Cn1cncc1[C@@H]1CNC[C@H]1CNCc1cccc2c1CN(C1CCC(=O)NC1=O)C2=O. The Morgan fingerprint density at radius 1 is 1.22 bits per heavy atom. The number of aryl methyl sites for hydroxylation is 1. The Bertz CT molecular complexity index is 1060. The molecule has 2 aromatic rings. The lowest BCUT2D eigenvalue weighted by Gasteiger charge is -2.29. The molecule has 3 N–H and O–H groups in total. The van der Waals surface area contributed by atoms with Gasteiger partial charge in [-0.05, 0) is 36.1 Å². The van der Waals surface area contributed by atoms with E-state index in [1.807, 2.05) is 37.8 Å². The summed E-state index contributed by atoms with van der Waals surface area (Å²) < 4.78 is 2.09. The Labute approximate surface area is 186 Å². The summed E-state index contributed by atoms with van der Waals surface area (Å²) in [5.41, 5.74) is 3.95. The van der Waals surface area contributed by atoms with Crippen LogP contribution in [0, 0.1) is 5.92 Å². The van der Waals surface area contributed by atoms with Crippen molar-refractivity contribution in [2.45, 2.75) is 37.9 Å². The van der Waals surface area contributed by atoms with Crippen molar-refractivity contribution in [1.29, 1.82) is 0 Å². The summed E-state index contributed by atoms with van der Waals surface area (Å²) in [7, 11) is 2.03. The number of piperidine rings is 1. The number of nitrogens with one attached hydrogen (secondary N) is 3. The second-order valence-electron chi connectivity index (χ2n) is 8.93. The molecule has 1 unspecified atom stereocenters. The van der Waals surface area contributed by atoms with Gasteiger partial charge in [-0.3, -0.25) is 19.7 Å². The minimum atomic E-state index is -0.586. The van der Waals surface area contributed by atoms with Gasteiger partial charge in [0.25, 0.3) is 5.91 Å². The van der Waals surface area contributed by atoms with E-state index in [1.54, 1.807) is 4.90 Å². The number of nitrogens with zero attached hydrogens (tertiary/aromatic N) is 3. The Hall–Kier alpha value is -3.04. The largest absolute Gasteiger partial charge is 0.337 e. The van der Waals surface area contributed by atoms with Crippen molar-refractivity contribution in [2.24, 2.45) is 13.0 Å². The summed E-state index contributed by atoms with van der Waals surface area (Å²) in [6.07, 6.45) is 4.43. The molecule has 0 radical (unpaired) electrons. The van der Waals surface area contributed by atoms with Gasteiger partial charge in [0.1, 0.15) is 6.04 Å². The Balaban J connectivity index is 1.25. The molecular weight excluding hydrogens is 408 g/mol. The minimum Gasteiger partial charge on any atom is -0.337 e. The highest BCUT2D eigenvalue weighted by molar-refractivity contribution is 6.05. The molecular formula is C23H28N6O3. The van der Waals surface area contributed by atoms with Gasteiger partial charge >= 0.3 is 0 Å². The second-order valence-corrected chi connectivity index (χ2v) is 8.93. The molecule has 0 saturated carbocycles. The smallest absolute Gasteiger partial charge is 0.255 e. The first-order chi connectivity index (χ1) is 15.5. The zero-order valence-electron chi connectivity index (χ0n) is 18.1. The maximum atomic E-state index is 13.0. The first-order valence-corrected chi connectivity index (χ1v) is 11.2. The Kier molecular flexibility index (Phi) is 5.52. The van der Waals surface area contributed by atoms with Crippen molar-refractivity contribution >= 4 is 17.7 Å². The molecule has 5 rings (SSSR count). The monoisotopic (exact) mass is 436 g/mol. The molecule has 2 saturated heterocycles. The average molecular weight is 437 g/mol. The maximum absolute atomic E-state index is 13.0. The number of imide groups is 1. The average Bonchev–Trinajstić information content (AvgIpc) is 3.48. The van der Waals surface area contributed by atoms with E-state index in [4.69, 9.17) is 0 Å². The number of carbonyl (C=O) groups is 3. The fourth-order valence-corrected chi connectivity index (χ4v) is 5.23. The summed E-state index contributed by atoms with van der Waals surface area (Å²) in [4.78, 5) is 42.6. The van der Waals surface area contributed by atoms with Crippen LogP contribution in [0.15, 0.2) is 30.7 Å². The first-order valence-electron chi connectivity index (χ1n) is 11.2. The minimum absolute atomic E-state index is 0.132. The number of benzene rings is 1. The molecule has 3 aliphatic heterocycles. The van der Waals surface area contributed by atoms with Crippen molar-refractivity contribution in [2.75, 3.05) is 19.6 Å². The third-order valence-corrected chi connectivity index (χ3v) is 6.97. The molecule has 9 heteroatoms. The lowest BCUT2D eigenvalue weighted by Crippen LogP contribution is -2.52. The van der Waals surface area contributed by atoms with Gasteiger partial charge in [0.05, 0.1) is 6.33 Å². The number of hydrogen-bond acceptors (Lipinski definition) is 6. The topological polar surface area (TPSA) is 108 Å². The van der Waals surface area contributed by atoms with Crippen LogP contribution in [-0.4, -0.2) is 57.8 Å². The van der Waals surface area contributed by atoms with Crippen LogP contribution in [0.3, 0.4) is 0 Å². The van der Waals surface area contributed by atoms with Crippen molar-refractivity contribution in [1.82, 2.24) is 30.4 Å². The van der Waals surface area contributed by atoms with Gasteiger partial charge in [0, 0.05) is 63.0 Å². The van der Waals surface area contributed by atoms with E-state index in [-0.39, 0.29) is 24.1 Å². The standard InChI is InChI=1S/C23H28N6O3/c1-28-13-26-11-20(28)17-10-25-9-15(17)8-24-7-14-3-2-4-16-18(14)12-29(23(16)32)19-5-6-21(30)27-22(19)31/h2-4,11,13,15,17,19,24-25H,5-10,12H2,1H3,(H,27,30,31)/t15-,17-,19?/m1/s1. The van der Waals surface area contributed by atoms with E-state index in [1.165, 1.54) is 5.69 Å². The van der Waals surface area contributed by atoms with Gasteiger partial charge in [0.2, 0.25) is 11.8 Å². The number of rotatable bonds is 6. The third kappa shape index (κ3) is 3.71. The molecule has 1 aromatic heterocycles. The lowest BCUT2D eigenvalue weighted by atomic mass is 9.93. The highest BCUT2D eigenvalue weighted by Gasteiger charge is 2.39. The van der Waals surface area contributed by atoms with Gasteiger partial charge in [-0.25, -0.2) is 4.98 Å². The lowest BCUT2D eigenvalue weighted by molar-refractivity contribution is -0.136. The van der Waals surface area contributed by atoms with Crippen LogP contribution < -0.4 is 16.0 Å². The van der Waals surface area contributed by atoms with Gasteiger partial charge in [0.15, 0.2) is 0 Å². The van der Waals surface area contributed by atoms with Gasteiger partial charge in [-0.2, -0.15) is 0 Å². The van der Waals surface area contributed by atoms with E-state index in [9.17, 15) is 14.4 Å². The molecule has 1 aromatic carbocycles. The van der Waals surface area contributed by atoms with Gasteiger partial charge in [-0.1, -0.05) is 12.1 Å². The molecule has 3 atom stereocenters. The summed E-state index contributed by atoms with van der Waals surface area (Å²) in [5.74, 6) is 0.0978. The summed E-state index contributed by atoms with van der Waals surface area (Å²) in [6.45, 7) is 3.83. The molecule has 3 aliphatic rings. The third-order valence-electron chi connectivity index (χ3n) is 6.97. The van der Waals surface area contributed by atoms with Crippen LogP contribution in [0.4, 0.5) is 0 Å². The van der Waals surface area contributed by atoms with Crippen LogP contribution in [-0.2, 0) is 29.7 Å². The van der Waals surface area contributed by atoms with Crippen LogP contribution in [0.1, 0.15) is 45.9 Å². The van der Waals surface area contributed by atoms with E-state index < -0.39 is 6.04 Å². The molecule has 0 aliphatic carbocycles. The normalized spacial score (nSPS) is 25.3. The molecule has 168 valence electrons. The van der Waals surface area contributed by atoms with E-state index in [0.29, 0.717) is 36.9 Å². The molecule has 9 nitrogen and oxygen atoms in total. The van der Waals surface area contributed by atoms with Crippen molar-refractivity contribution in [3.05, 3.63) is 53.1 Å². The summed E-state index contributed by atoms with van der Waals surface area (Å²) >= 11 is 0. The molecule has 3 amide bonds. The number of imidazole rings is 1. The number of fused-ring (bicyclic) bond motifs is 1. The van der Waals surface area contributed by atoms with E-state index in [0.717, 1.165) is 30.8 Å². The number of amides is 3. The van der Waals surface area contributed by atoms with Crippen LogP contribution in [0.5, 0.6) is 0 Å². The Morgan fingerprint density at radius 3 is 2.88 bits per heavy atom. The van der Waals surface area contributed by atoms with Crippen LogP contribution >= 0.6 is 0 Å². The fraction of sp³-hybridized carbons (Fsp3) is 0.478. The highest BCUT2D eigenvalue weighted by Crippen LogP contribution is 2.30. The quantitative estimate of drug-likeness (QED) is 0.561. The van der Waals surface area contributed by atoms with Crippen molar-refractivity contribution in [3.63, 3.8) is 0 Å².